The number of hydrogen-bond donors (Lipinski definition) is 1. The van der Waals surface area contributed by atoms with Crippen LogP contribution in [0.1, 0.15) is 20.8 Å². The normalized spacial score (nSPS) is 10.3. The van der Waals surface area contributed by atoms with E-state index < -0.39 is 5.60 Å². The van der Waals surface area contributed by atoms with Crippen molar-refractivity contribution in [1.82, 2.24) is 0 Å². The van der Waals surface area contributed by atoms with E-state index in [1.54, 1.807) is 20.8 Å². The van der Waals surface area contributed by atoms with Crippen molar-refractivity contribution in [2.45, 2.75) is 26.4 Å². The maximum absolute atomic E-state index is 7.90. The SMILES string of the molecule is CC(C)(C)OO.[Mo]. The van der Waals surface area contributed by atoms with Crippen LogP contribution in [0.5, 0.6) is 0 Å². The van der Waals surface area contributed by atoms with Gasteiger partial charge in [-0.25, -0.2) is 4.89 Å². The minimum atomic E-state index is -0.403. The van der Waals surface area contributed by atoms with Crippen LogP contribution in [0.3, 0.4) is 0 Å². The molecule has 0 rings (SSSR count). The number of rotatable bonds is 0. The second-order valence-electron chi connectivity index (χ2n) is 2.20. The Kier molecular flexibility index (Phi) is 5.42. The molecule has 0 heterocycles. The van der Waals surface area contributed by atoms with Crippen LogP contribution < -0.4 is 0 Å². The molecule has 0 fully saturated rings. The van der Waals surface area contributed by atoms with Crippen molar-refractivity contribution in [3.8, 4) is 0 Å². The van der Waals surface area contributed by atoms with Gasteiger partial charge in [0.2, 0.25) is 0 Å². The van der Waals surface area contributed by atoms with Gasteiger partial charge in [-0.1, -0.05) is 0 Å². The van der Waals surface area contributed by atoms with Crippen LogP contribution >= 0.6 is 0 Å². The Bertz CT molecular complexity index is 39.4. The van der Waals surface area contributed by atoms with Crippen molar-refractivity contribution in [1.29, 1.82) is 0 Å². The molecule has 1 N–H and O–H groups in total. The molecular weight excluding hydrogens is 176 g/mol. The van der Waals surface area contributed by atoms with Crippen LogP contribution in [0.4, 0.5) is 0 Å². The van der Waals surface area contributed by atoms with Crippen molar-refractivity contribution < 1.29 is 31.2 Å². The first kappa shape index (κ1) is 10.6. The zero-order chi connectivity index (χ0) is 5.21. The van der Waals surface area contributed by atoms with Crippen molar-refractivity contribution in [2.75, 3.05) is 0 Å². The first-order chi connectivity index (χ1) is 2.56. The largest absolute Gasteiger partial charge is 0.251 e. The van der Waals surface area contributed by atoms with E-state index >= 15 is 0 Å². The van der Waals surface area contributed by atoms with Crippen LogP contribution in [-0.2, 0) is 26.0 Å². The Labute approximate surface area is 58.1 Å². The molecule has 0 amide bonds. The summed E-state index contributed by atoms with van der Waals surface area (Å²) in [5.41, 5.74) is -0.403. The Morgan fingerprint density at radius 3 is 1.43 bits per heavy atom. The van der Waals surface area contributed by atoms with Gasteiger partial charge in [0.1, 0.15) is 0 Å². The fourth-order valence-electron chi connectivity index (χ4n) is 0. The molecular formula is C4H10MoO2. The van der Waals surface area contributed by atoms with E-state index in [2.05, 4.69) is 4.89 Å². The summed E-state index contributed by atoms with van der Waals surface area (Å²) in [7, 11) is 0. The van der Waals surface area contributed by atoms with Crippen molar-refractivity contribution in [2.24, 2.45) is 0 Å². The van der Waals surface area contributed by atoms with E-state index in [9.17, 15) is 0 Å². The summed E-state index contributed by atoms with van der Waals surface area (Å²) in [6.45, 7) is 5.31. The number of hydrogen-bond acceptors (Lipinski definition) is 2. The van der Waals surface area contributed by atoms with Crippen LogP contribution in [0, 0.1) is 0 Å². The van der Waals surface area contributed by atoms with Crippen molar-refractivity contribution in [3.63, 3.8) is 0 Å². The molecule has 0 aromatic heterocycles. The molecule has 0 bridgehead atoms. The topological polar surface area (TPSA) is 29.5 Å². The Balaban J connectivity index is 0. The van der Waals surface area contributed by atoms with Crippen LogP contribution in [-0.4, -0.2) is 10.9 Å². The molecule has 0 aliphatic carbocycles. The van der Waals surface area contributed by atoms with E-state index in [0.717, 1.165) is 0 Å². The fourth-order valence-corrected chi connectivity index (χ4v) is 0. The zero-order valence-electron chi connectivity index (χ0n) is 4.76. The van der Waals surface area contributed by atoms with Crippen LogP contribution in [0.2, 0.25) is 0 Å². The summed E-state index contributed by atoms with van der Waals surface area (Å²) in [5, 5.41) is 7.90. The molecule has 0 aliphatic heterocycles. The van der Waals surface area contributed by atoms with Gasteiger partial charge in [0, 0.05) is 21.1 Å². The molecule has 0 aromatic rings. The second kappa shape index (κ2) is 3.59. The average Bonchev–Trinajstić information content (AvgIpc) is 1.35. The Morgan fingerprint density at radius 2 is 1.43 bits per heavy atom. The second-order valence-corrected chi connectivity index (χ2v) is 2.20. The molecule has 7 heavy (non-hydrogen) atoms. The first-order valence-electron chi connectivity index (χ1n) is 1.89. The molecule has 0 saturated heterocycles. The van der Waals surface area contributed by atoms with E-state index in [1.165, 1.54) is 0 Å². The predicted octanol–water partition coefficient (Wildman–Crippen LogP) is 1.27. The van der Waals surface area contributed by atoms with Crippen molar-refractivity contribution >= 4 is 0 Å². The van der Waals surface area contributed by atoms with Crippen LogP contribution in [0.15, 0.2) is 0 Å². The van der Waals surface area contributed by atoms with Gasteiger partial charge in [0.05, 0.1) is 5.60 Å². The smallest absolute Gasteiger partial charge is 0.0949 e. The maximum atomic E-state index is 7.90. The molecule has 44 valence electrons. The summed E-state index contributed by atoms with van der Waals surface area (Å²) >= 11 is 0. The van der Waals surface area contributed by atoms with Gasteiger partial charge in [0.25, 0.3) is 0 Å². The standard InChI is InChI=1S/C4H10O2.Mo/c1-4(2,3)6-5;/h5H,1-3H3;. The van der Waals surface area contributed by atoms with Gasteiger partial charge in [-0.05, 0) is 20.8 Å². The van der Waals surface area contributed by atoms with E-state index in [1.807, 2.05) is 0 Å². The molecule has 3 heteroatoms. The third-order valence-electron chi connectivity index (χ3n) is 0.274. The molecule has 2 nitrogen and oxygen atoms in total. The maximum Gasteiger partial charge on any atom is 0.0949 e. The molecule has 0 aliphatic rings. The van der Waals surface area contributed by atoms with Crippen molar-refractivity contribution in [3.05, 3.63) is 0 Å². The third-order valence-corrected chi connectivity index (χ3v) is 0.274. The summed E-state index contributed by atoms with van der Waals surface area (Å²) in [6.07, 6.45) is 0. The zero-order valence-corrected chi connectivity index (χ0v) is 6.77. The molecule has 0 saturated carbocycles. The summed E-state index contributed by atoms with van der Waals surface area (Å²) in [4.78, 5) is 3.94. The third kappa shape index (κ3) is 10.8. The Morgan fingerprint density at radius 1 is 1.29 bits per heavy atom. The summed E-state index contributed by atoms with van der Waals surface area (Å²) < 4.78 is 0. The summed E-state index contributed by atoms with van der Waals surface area (Å²) in [5.74, 6) is 0. The molecule has 0 aromatic carbocycles. The molecule has 0 spiro atoms. The first-order valence-corrected chi connectivity index (χ1v) is 1.89. The van der Waals surface area contributed by atoms with Gasteiger partial charge in [0.15, 0.2) is 0 Å². The molecule has 0 unspecified atom stereocenters. The minimum Gasteiger partial charge on any atom is -0.251 e. The van der Waals surface area contributed by atoms with Gasteiger partial charge < -0.3 is 0 Å². The van der Waals surface area contributed by atoms with Gasteiger partial charge in [-0.3, -0.25) is 5.26 Å². The quantitative estimate of drug-likeness (QED) is 0.350. The van der Waals surface area contributed by atoms with Gasteiger partial charge in [-0.2, -0.15) is 0 Å². The monoisotopic (exact) mass is 188 g/mol. The van der Waals surface area contributed by atoms with E-state index in [4.69, 9.17) is 5.26 Å². The Hall–Kier alpha value is 0.608. The van der Waals surface area contributed by atoms with E-state index in [-0.39, 0.29) is 21.1 Å². The van der Waals surface area contributed by atoms with Crippen LogP contribution in [0.25, 0.3) is 0 Å². The average molecular weight is 186 g/mol. The van der Waals surface area contributed by atoms with E-state index in [0.29, 0.717) is 0 Å². The van der Waals surface area contributed by atoms with Gasteiger partial charge >= 0.3 is 0 Å². The predicted molar refractivity (Wildman–Crippen MR) is 23.5 cm³/mol. The molecule has 0 radical (unpaired) electrons. The minimum absolute atomic E-state index is 0. The van der Waals surface area contributed by atoms with Gasteiger partial charge in [-0.15, -0.1) is 0 Å². The molecule has 0 atom stereocenters. The fraction of sp³-hybridized carbons (Fsp3) is 1.00. The summed E-state index contributed by atoms with van der Waals surface area (Å²) in [6, 6.07) is 0.